The smallest absolute Gasteiger partial charge is 0.768 e. The summed E-state index contributed by atoms with van der Waals surface area (Å²) >= 11 is -2.17. The SMILES string of the molecule is C/C(=C\c1ccc(S(=O)[O-])cc1)c1ccc2c(c1)C(C)(C)CCC2(C)C.[Na+]. The van der Waals surface area contributed by atoms with E-state index >= 15 is 0 Å². The Labute approximate surface area is 188 Å². The summed E-state index contributed by atoms with van der Waals surface area (Å²) in [5.74, 6) is 0. The summed E-state index contributed by atoms with van der Waals surface area (Å²) < 4.78 is 22.0. The molecule has 2 nitrogen and oxygen atoms in total. The second-order valence-corrected chi connectivity index (χ2v) is 9.60. The van der Waals surface area contributed by atoms with E-state index in [0.29, 0.717) is 4.90 Å². The molecule has 1 atom stereocenters. The first-order chi connectivity index (χ1) is 12.1. The van der Waals surface area contributed by atoms with Gasteiger partial charge in [0.1, 0.15) is 0 Å². The van der Waals surface area contributed by atoms with E-state index in [2.05, 4.69) is 58.9 Å². The molecule has 0 spiro atoms. The standard InChI is InChI=1S/C23H28O2S.Na/c1-16(14-17-6-9-19(10-7-17)26(24)25)18-8-11-20-21(15-18)23(4,5)13-12-22(20,2)3;/h6-11,14-15H,12-13H2,1-5H3,(H,24,25);/q;+1/p-1/b16-14+;. The first kappa shape index (κ1) is 22.6. The first-order valence-corrected chi connectivity index (χ1v) is 10.2. The first-order valence-electron chi connectivity index (χ1n) is 9.13. The maximum absolute atomic E-state index is 11.0. The predicted molar refractivity (Wildman–Crippen MR) is 109 cm³/mol. The van der Waals surface area contributed by atoms with Crippen LogP contribution in [-0.2, 0) is 21.9 Å². The Morgan fingerprint density at radius 2 is 1.52 bits per heavy atom. The summed E-state index contributed by atoms with van der Waals surface area (Å²) in [5.41, 5.74) is 6.76. The Hall–Kier alpha value is -0.710. The third-order valence-electron chi connectivity index (χ3n) is 5.76. The number of benzene rings is 2. The molecule has 0 saturated carbocycles. The fraction of sp³-hybridized carbons (Fsp3) is 0.391. The van der Waals surface area contributed by atoms with Crippen molar-refractivity contribution < 1.29 is 38.3 Å². The van der Waals surface area contributed by atoms with E-state index in [4.69, 9.17) is 0 Å². The van der Waals surface area contributed by atoms with Crippen molar-refractivity contribution in [2.24, 2.45) is 0 Å². The largest absolute Gasteiger partial charge is 1.00 e. The quantitative estimate of drug-likeness (QED) is 0.459. The predicted octanol–water partition coefficient (Wildman–Crippen LogP) is 2.84. The molecule has 0 amide bonds. The zero-order valence-electron chi connectivity index (χ0n) is 17.3. The Morgan fingerprint density at radius 1 is 0.963 bits per heavy atom. The molecule has 1 aliphatic rings. The minimum absolute atomic E-state index is 0. The van der Waals surface area contributed by atoms with Crippen molar-refractivity contribution in [1.29, 1.82) is 0 Å². The molecule has 27 heavy (non-hydrogen) atoms. The molecule has 4 heteroatoms. The summed E-state index contributed by atoms with van der Waals surface area (Å²) in [6.45, 7) is 11.5. The molecule has 0 saturated heterocycles. The van der Waals surface area contributed by atoms with E-state index < -0.39 is 11.1 Å². The molecule has 0 N–H and O–H groups in total. The number of rotatable bonds is 3. The number of fused-ring (bicyclic) bond motifs is 1. The topological polar surface area (TPSA) is 40.1 Å². The van der Waals surface area contributed by atoms with E-state index in [1.807, 2.05) is 12.1 Å². The zero-order valence-corrected chi connectivity index (χ0v) is 20.1. The Morgan fingerprint density at radius 3 is 2.07 bits per heavy atom. The van der Waals surface area contributed by atoms with E-state index in [0.717, 1.165) is 5.56 Å². The van der Waals surface area contributed by atoms with Crippen molar-refractivity contribution in [2.45, 2.75) is 63.2 Å². The molecule has 0 aliphatic heterocycles. The van der Waals surface area contributed by atoms with E-state index in [-0.39, 0.29) is 40.4 Å². The van der Waals surface area contributed by atoms with Gasteiger partial charge < -0.3 is 4.55 Å². The van der Waals surface area contributed by atoms with Crippen LogP contribution in [-0.4, -0.2) is 8.76 Å². The molecule has 3 rings (SSSR count). The van der Waals surface area contributed by atoms with Gasteiger partial charge in [-0.25, -0.2) is 0 Å². The van der Waals surface area contributed by atoms with Crippen molar-refractivity contribution in [2.75, 3.05) is 0 Å². The van der Waals surface area contributed by atoms with Crippen LogP contribution in [0.1, 0.15) is 69.7 Å². The molecule has 0 aromatic heterocycles. The minimum Gasteiger partial charge on any atom is -0.768 e. The third kappa shape index (κ3) is 4.83. The van der Waals surface area contributed by atoms with Crippen molar-refractivity contribution in [3.63, 3.8) is 0 Å². The molecule has 0 fully saturated rings. The molecule has 1 unspecified atom stereocenters. The Kier molecular flexibility index (Phi) is 6.98. The van der Waals surface area contributed by atoms with Crippen LogP contribution in [0, 0.1) is 0 Å². The van der Waals surface area contributed by atoms with Crippen molar-refractivity contribution in [3.8, 4) is 0 Å². The summed E-state index contributed by atoms with van der Waals surface area (Å²) in [7, 11) is 0. The van der Waals surface area contributed by atoms with Gasteiger partial charge in [-0.15, -0.1) is 0 Å². The van der Waals surface area contributed by atoms with Crippen LogP contribution in [0.4, 0.5) is 0 Å². The van der Waals surface area contributed by atoms with Gasteiger partial charge in [0.15, 0.2) is 0 Å². The number of allylic oxidation sites excluding steroid dienone is 1. The van der Waals surface area contributed by atoms with Crippen molar-refractivity contribution in [3.05, 3.63) is 64.7 Å². The molecule has 2 aromatic rings. The molecule has 1 aliphatic carbocycles. The Bertz CT molecular complexity index is 880. The molecule has 0 radical (unpaired) electrons. The van der Waals surface area contributed by atoms with Gasteiger partial charge in [0.25, 0.3) is 0 Å². The maximum Gasteiger partial charge on any atom is 1.00 e. The van der Waals surface area contributed by atoms with Crippen molar-refractivity contribution in [1.82, 2.24) is 0 Å². The average Bonchev–Trinajstić information content (AvgIpc) is 2.59. The van der Waals surface area contributed by atoms with Gasteiger partial charge in [-0.05, 0) is 81.6 Å². The van der Waals surface area contributed by atoms with Gasteiger partial charge in [-0.1, -0.05) is 64.1 Å². The van der Waals surface area contributed by atoms with Crippen LogP contribution in [0.3, 0.4) is 0 Å². The molecule has 0 bridgehead atoms. The minimum atomic E-state index is -2.17. The van der Waals surface area contributed by atoms with Crippen LogP contribution in [0.25, 0.3) is 11.6 Å². The average molecular weight is 391 g/mol. The van der Waals surface area contributed by atoms with E-state index in [1.54, 1.807) is 12.1 Å². The zero-order chi connectivity index (χ0) is 19.1. The Balaban J connectivity index is 0.00000261. The van der Waals surface area contributed by atoms with Crippen molar-refractivity contribution >= 4 is 22.7 Å². The van der Waals surface area contributed by atoms with Gasteiger partial charge in [-0.2, -0.15) is 0 Å². The molecular formula is C23H27NaO2S. The third-order valence-corrected chi connectivity index (χ3v) is 6.42. The van der Waals surface area contributed by atoms with Gasteiger partial charge in [0.2, 0.25) is 0 Å². The van der Waals surface area contributed by atoms with Gasteiger partial charge in [0, 0.05) is 4.90 Å². The van der Waals surface area contributed by atoms with Crippen LogP contribution in [0.2, 0.25) is 0 Å². The molecular weight excluding hydrogens is 363 g/mol. The van der Waals surface area contributed by atoms with Crippen LogP contribution in [0.5, 0.6) is 0 Å². The molecule has 2 aromatic carbocycles. The van der Waals surface area contributed by atoms with Gasteiger partial charge in [0.05, 0.1) is 0 Å². The van der Waals surface area contributed by atoms with Crippen LogP contribution >= 0.6 is 0 Å². The summed E-state index contributed by atoms with van der Waals surface area (Å²) in [5, 5.41) is 0. The van der Waals surface area contributed by atoms with Crippen LogP contribution in [0.15, 0.2) is 47.4 Å². The van der Waals surface area contributed by atoms with Gasteiger partial charge in [-0.3, -0.25) is 4.21 Å². The number of hydrogen-bond acceptors (Lipinski definition) is 2. The molecule has 0 heterocycles. The monoisotopic (exact) mass is 390 g/mol. The van der Waals surface area contributed by atoms with E-state index in [9.17, 15) is 8.76 Å². The summed E-state index contributed by atoms with van der Waals surface area (Å²) in [6.07, 6.45) is 4.53. The van der Waals surface area contributed by atoms with Gasteiger partial charge >= 0.3 is 29.6 Å². The fourth-order valence-electron chi connectivity index (χ4n) is 3.84. The second-order valence-electron chi connectivity index (χ2n) is 8.66. The fourth-order valence-corrected chi connectivity index (χ4v) is 4.20. The number of hydrogen-bond donors (Lipinski definition) is 0. The second kappa shape index (κ2) is 8.34. The van der Waals surface area contributed by atoms with Crippen LogP contribution < -0.4 is 29.6 Å². The summed E-state index contributed by atoms with van der Waals surface area (Å²) in [4.78, 5) is 0.317. The van der Waals surface area contributed by atoms with E-state index in [1.165, 1.54) is 35.1 Å². The maximum atomic E-state index is 11.0. The normalized spacial score (nSPS) is 19.0. The summed E-state index contributed by atoms with van der Waals surface area (Å²) in [6, 6.07) is 13.8. The molecule has 138 valence electrons.